The van der Waals surface area contributed by atoms with Crippen LogP contribution in [-0.4, -0.2) is 30.9 Å². The fraction of sp³-hybridized carbons (Fsp3) is 0.167. The molecule has 3 aliphatic rings. The zero-order valence-electron chi connectivity index (χ0n) is 24.7. The first-order chi connectivity index (χ1) is 22.7. The number of para-hydroxylation sites is 1. The normalized spacial score (nSPS) is 23.2. The Labute approximate surface area is 278 Å². The quantitative estimate of drug-likeness (QED) is 0.199. The van der Waals surface area contributed by atoms with Crippen molar-refractivity contribution in [2.24, 2.45) is 5.92 Å². The molecular formula is C36H26Cl2N4O5. The van der Waals surface area contributed by atoms with Crippen LogP contribution in [0.25, 0.3) is 5.69 Å². The molecule has 1 aliphatic carbocycles. The highest BCUT2D eigenvalue weighted by Crippen LogP contribution is 2.63. The van der Waals surface area contributed by atoms with Crippen molar-refractivity contribution in [3.05, 3.63) is 157 Å². The smallest absolute Gasteiger partial charge is 0.352 e. The number of hydrogen-bond acceptors (Lipinski definition) is 5. The molecule has 2 aliphatic heterocycles. The Balaban J connectivity index is 1.43. The van der Waals surface area contributed by atoms with E-state index in [1.807, 2.05) is 36.4 Å². The molecule has 234 valence electrons. The number of carbonyl (C=O) groups excluding carboxylic acids is 2. The minimum Gasteiger partial charge on any atom is -0.508 e. The topological polar surface area (TPSA) is 107 Å². The molecular weight excluding hydrogens is 639 g/mol. The van der Waals surface area contributed by atoms with Gasteiger partial charge in [-0.3, -0.25) is 9.59 Å². The molecule has 11 heteroatoms. The van der Waals surface area contributed by atoms with Crippen LogP contribution in [0, 0.1) is 5.92 Å². The number of rotatable bonds is 4. The van der Waals surface area contributed by atoms with E-state index in [4.69, 9.17) is 23.2 Å². The molecule has 1 N–H and O–H groups in total. The van der Waals surface area contributed by atoms with Gasteiger partial charge in [-0.25, -0.2) is 28.4 Å². The molecule has 2 amide bonds. The van der Waals surface area contributed by atoms with Crippen molar-refractivity contribution < 1.29 is 14.7 Å². The number of aromatic hydroxyl groups is 1. The average Bonchev–Trinajstić information content (AvgIpc) is 3.46. The Morgan fingerprint density at radius 3 is 2.17 bits per heavy atom. The third-order valence-electron chi connectivity index (χ3n) is 9.74. The number of imide groups is 1. The van der Waals surface area contributed by atoms with Gasteiger partial charge in [0.1, 0.15) is 5.75 Å². The summed E-state index contributed by atoms with van der Waals surface area (Å²) in [6.45, 7) is 0.0572. The number of phenols is 1. The molecule has 9 nitrogen and oxygen atoms in total. The molecule has 8 rings (SSSR count). The van der Waals surface area contributed by atoms with E-state index in [9.17, 15) is 19.5 Å². The number of aromatic nitrogens is 3. The first-order valence-electron chi connectivity index (χ1n) is 15.1. The number of hydrogen-bond donors (Lipinski definition) is 1. The molecule has 5 aromatic rings. The van der Waals surface area contributed by atoms with E-state index in [2.05, 4.69) is 0 Å². The van der Waals surface area contributed by atoms with E-state index < -0.39 is 46.5 Å². The van der Waals surface area contributed by atoms with Gasteiger partial charge >= 0.3 is 11.4 Å². The van der Waals surface area contributed by atoms with Crippen molar-refractivity contribution in [2.75, 3.05) is 4.90 Å². The summed E-state index contributed by atoms with van der Waals surface area (Å²) in [6, 6.07) is 28.2. The van der Waals surface area contributed by atoms with Crippen molar-refractivity contribution in [3.63, 3.8) is 0 Å². The minimum atomic E-state index is -1.49. The van der Waals surface area contributed by atoms with Gasteiger partial charge in [0.15, 0.2) is 0 Å². The van der Waals surface area contributed by atoms with Crippen LogP contribution < -0.4 is 16.3 Å². The van der Waals surface area contributed by atoms with Crippen LogP contribution >= 0.6 is 23.2 Å². The Bertz CT molecular complexity index is 2260. The molecule has 0 bridgehead atoms. The predicted octanol–water partition coefficient (Wildman–Crippen LogP) is 5.61. The molecule has 0 spiro atoms. The largest absolute Gasteiger partial charge is 0.508 e. The van der Waals surface area contributed by atoms with Gasteiger partial charge in [-0.2, -0.15) is 0 Å². The summed E-state index contributed by atoms with van der Waals surface area (Å²) < 4.78 is 3.92. The number of anilines is 1. The van der Waals surface area contributed by atoms with Crippen LogP contribution in [0.15, 0.2) is 124 Å². The molecule has 47 heavy (non-hydrogen) atoms. The van der Waals surface area contributed by atoms with Gasteiger partial charge in [0, 0.05) is 16.0 Å². The summed E-state index contributed by atoms with van der Waals surface area (Å²) in [7, 11) is 0. The van der Waals surface area contributed by atoms with Gasteiger partial charge in [0.2, 0.25) is 11.8 Å². The van der Waals surface area contributed by atoms with Gasteiger partial charge in [0.25, 0.3) is 0 Å². The van der Waals surface area contributed by atoms with E-state index in [1.165, 1.54) is 26.4 Å². The summed E-state index contributed by atoms with van der Waals surface area (Å²) in [5.41, 5.74) is -0.00263. The lowest BCUT2D eigenvalue weighted by atomic mass is 9.53. The summed E-state index contributed by atoms with van der Waals surface area (Å²) >= 11 is 13.2. The van der Waals surface area contributed by atoms with E-state index in [-0.39, 0.29) is 23.7 Å². The first kappa shape index (κ1) is 29.3. The van der Waals surface area contributed by atoms with Crippen LogP contribution in [0.2, 0.25) is 10.0 Å². The molecule has 0 radical (unpaired) electrons. The lowest BCUT2D eigenvalue weighted by molar-refractivity contribution is -0.124. The van der Waals surface area contributed by atoms with Crippen molar-refractivity contribution in [1.82, 2.24) is 13.9 Å². The molecule has 4 atom stereocenters. The Hall–Kier alpha value is -5.12. The van der Waals surface area contributed by atoms with Gasteiger partial charge in [-0.05, 0) is 65.6 Å². The van der Waals surface area contributed by atoms with Crippen molar-refractivity contribution in [2.45, 2.75) is 30.3 Å². The fourth-order valence-corrected chi connectivity index (χ4v) is 8.37. The van der Waals surface area contributed by atoms with Crippen molar-refractivity contribution in [1.29, 1.82) is 0 Å². The summed E-state index contributed by atoms with van der Waals surface area (Å²) in [5, 5.41) is 10.9. The maximum atomic E-state index is 15.2. The van der Waals surface area contributed by atoms with Crippen molar-refractivity contribution >= 4 is 40.7 Å². The highest BCUT2D eigenvalue weighted by atomic mass is 35.5. The number of fused-ring (bicyclic) bond motifs is 4. The second-order valence-corrected chi connectivity index (χ2v) is 12.8. The third kappa shape index (κ3) is 4.09. The highest BCUT2D eigenvalue weighted by molar-refractivity contribution is 6.33. The first-order valence-corrected chi connectivity index (χ1v) is 15.9. The van der Waals surface area contributed by atoms with E-state index in [1.54, 1.807) is 60.7 Å². The van der Waals surface area contributed by atoms with Crippen LogP contribution in [0.4, 0.5) is 5.69 Å². The standard InChI is InChI=1S/C36H26Cl2N4O5/c37-22-10-7-13-24(18-22)40-32(44)28-20-30-27(16-17-39-34(46)41(35(47)42(30)39)23-11-5-2-6-12-23)31(26-15-14-25(43)19-29(26)38)36(28,33(40)45)21-8-3-1-4-9-21/h1-16,18-19,28,30-31,43H,17,20H2/t28-,30+,31-,36+/m0/s1. The van der Waals surface area contributed by atoms with E-state index in [0.717, 1.165) is 4.57 Å². The number of benzene rings is 4. The Morgan fingerprint density at radius 1 is 0.766 bits per heavy atom. The second kappa shape index (κ2) is 10.7. The number of nitrogens with zero attached hydrogens (tertiary/aromatic N) is 4. The number of carbonyl (C=O) groups is 2. The Morgan fingerprint density at radius 2 is 1.47 bits per heavy atom. The second-order valence-electron chi connectivity index (χ2n) is 12.0. The molecule has 3 heterocycles. The molecule has 0 unspecified atom stereocenters. The van der Waals surface area contributed by atoms with Crippen LogP contribution in [0.5, 0.6) is 5.75 Å². The molecule has 1 saturated heterocycles. The van der Waals surface area contributed by atoms with Crippen LogP contribution in [-0.2, 0) is 21.5 Å². The summed E-state index contributed by atoms with van der Waals surface area (Å²) in [6.07, 6.45) is 1.93. The number of amides is 2. The monoisotopic (exact) mass is 664 g/mol. The SMILES string of the molecule is O=C1[C@@H]2C[C@@H]3C(=CCn4c(=O)n(-c5ccccc5)c(=O)n43)[C@H](c3ccc(O)cc3Cl)[C@]2(c2ccccc2)C(=O)N1c1cccc(Cl)c1. The lowest BCUT2D eigenvalue weighted by Crippen LogP contribution is -2.53. The van der Waals surface area contributed by atoms with Crippen molar-refractivity contribution in [3.8, 4) is 11.4 Å². The van der Waals surface area contributed by atoms with Gasteiger partial charge in [-0.15, -0.1) is 0 Å². The van der Waals surface area contributed by atoms with E-state index >= 15 is 4.79 Å². The van der Waals surface area contributed by atoms with Crippen LogP contribution in [0.3, 0.4) is 0 Å². The summed E-state index contributed by atoms with van der Waals surface area (Å²) in [4.78, 5) is 59.0. The third-order valence-corrected chi connectivity index (χ3v) is 10.3. The lowest BCUT2D eigenvalue weighted by Gasteiger charge is -2.49. The zero-order chi connectivity index (χ0) is 32.6. The Kier molecular flexibility index (Phi) is 6.68. The number of halogens is 2. The molecule has 4 aromatic carbocycles. The fourth-order valence-electron chi connectivity index (χ4n) is 7.90. The van der Waals surface area contributed by atoms with Gasteiger partial charge in [0.05, 0.1) is 35.3 Å². The minimum absolute atomic E-state index is 0.0572. The molecule has 2 fully saturated rings. The van der Waals surface area contributed by atoms with Gasteiger partial charge < -0.3 is 5.11 Å². The van der Waals surface area contributed by atoms with E-state index in [0.29, 0.717) is 33.1 Å². The maximum absolute atomic E-state index is 15.2. The highest BCUT2D eigenvalue weighted by Gasteiger charge is 2.68. The average molecular weight is 666 g/mol. The number of allylic oxidation sites excluding steroid dienone is 2. The molecule has 1 aromatic heterocycles. The number of phenolic OH excluding ortho intramolecular Hbond substituents is 1. The zero-order valence-corrected chi connectivity index (χ0v) is 26.2. The summed E-state index contributed by atoms with van der Waals surface area (Å²) in [5.74, 6) is -2.78. The maximum Gasteiger partial charge on any atom is 0.352 e. The predicted molar refractivity (Wildman–Crippen MR) is 177 cm³/mol. The molecule has 1 saturated carbocycles. The van der Waals surface area contributed by atoms with Gasteiger partial charge in [-0.1, -0.05) is 89.9 Å². The van der Waals surface area contributed by atoms with Crippen LogP contribution in [0.1, 0.15) is 29.5 Å².